The zero-order valence-corrected chi connectivity index (χ0v) is 21.8. The number of rotatable bonds is 9. The lowest BCUT2D eigenvalue weighted by atomic mass is 9.99. The molecule has 2 aromatic carbocycles. The van der Waals surface area contributed by atoms with Crippen molar-refractivity contribution < 1.29 is 19.1 Å². The second-order valence-corrected chi connectivity index (χ2v) is 9.60. The topological polar surface area (TPSA) is 91.7 Å². The van der Waals surface area contributed by atoms with Crippen LogP contribution in [0.3, 0.4) is 0 Å². The number of nitrogens with zero attached hydrogens (tertiary/aromatic N) is 2. The Morgan fingerprint density at radius 2 is 1.92 bits per heavy atom. The fourth-order valence-electron chi connectivity index (χ4n) is 4.26. The predicted molar refractivity (Wildman–Crippen MR) is 139 cm³/mol. The quantitative estimate of drug-likeness (QED) is 0.413. The Labute approximate surface area is 214 Å². The molecule has 0 aliphatic carbocycles. The molecule has 1 saturated heterocycles. The van der Waals surface area contributed by atoms with Gasteiger partial charge in [-0.05, 0) is 68.0 Å². The van der Waals surface area contributed by atoms with Gasteiger partial charge < -0.3 is 14.8 Å². The molecule has 1 N–H and O–H groups in total. The zero-order valence-electron chi connectivity index (χ0n) is 21.8. The van der Waals surface area contributed by atoms with Crippen molar-refractivity contribution in [1.29, 1.82) is 5.26 Å². The Hall–Kier alpha value is -3.21. The van der Waals surface area contributed by atoms with Crippen LogP contribution in [0.5, 0.6) is 5.75 Å². The van der Waals surface area contributed by atoms with Gasteiger partial charge in [-0.25, -0.2) is 0 Å². The number of esters is 1. The maximum atomic E-state index is 12.8. The molecule has 2 atom stereocenters. The van der Waals surface area contributed by atoms with Crippen LogP contribution < -0.4 is 10.1 Å². The van der Waals surface area contributed by atoms with E-state index in [4.69, 9.17) is 9.47 Å². The number of hydrogen-bond donors (Lipinski definition) is 1. The van der Waals surface area contributed by atoms with Crippen molar-refractivity contribution in [2.75, 3.05) is 19.7 Å². The fraction of sp³-hybridized carbons (Fsp3) is 0.483. The molecule has 1 aliphatic rings. The van der Waals surface area contributed by atoms with Crippen LogP contribution >= 0.6 is 0 Å². The van der Waals surface area contributed by atoms with E-state index in [1.807, 2.05) is 56.3 Å². The fourth-order valence-corrected chi connectivity index (χ4v) is 4.26. The van der Waals surface area contributed by atoms with Gasteiger partial charge in [0, 0.05) is 38.6 Å². The molecule has 0 spiro atoms. The highest BCUT2D eigenvalue weighted by Gasteiger charge is 2.27. The molecule has 192 valence electrons. The highest BCUT2D eigenvalue weighted by atomic mass is 16.5. The van der Waals surface area contributed by atoms with Crippen molar-refractivity contribution >= 4 is 11.9 Å². The molecule has 7 nitrogen and oxygen atoms in total. The summed E-state index contributed by atoms with van der Waals surface area (Å²) in [5.41, 5.74) is 3.88. The van der Waals surface area contributed by atoms with E-state index < -0.39 is 12.1 Å². The molecule has 1 amide bonds. The van der Waals surface area contributed by atoms with Crippen LogP contribution in [0.25, 0.3) is 11.1 Å². The molecule has 0 saturated carbocycles. The molecule has 1 aliphatic heterocycles. The number of amides is 1. The Kier molecular flexibility index (Phi) is 10.0. The molecule has 1 fully saturated rings. The number of aryl methyl sites for hydroxylation is 1. The van der Waals surface area contributed by atoms with Crippen molar-refractivity contribution in [3.05, 3.63) is 53.6 Å². The number of nitriles is 1. The molecule has 0 bridgehead atoms. The summed E-state index contributed by atoms with van der Waals surface area (Å²) in [6.07, 6.45) is 1.89. The minimum atomic E-state index is -0.637. The molecule has 0 aromatic heterocycles. The third kappa shape index (κ3) is 7.64. The van der Waals surface area contributed by atoms with Gasteiger partial charge >= 0.3 is 5.97 Å². The summed E-state index contributed by atoms with van der Waals surface area (Å²) >= 11 is 0. The van der Waals surface area contributed by atoms with Crippen molar-refractivity contribution in [2.45, 2.75) is 71.6 Å². The second-order valence-electron chi connectivity index (χ2n) is 9.60. The van der Waals surface area contributed by atoms with Crippen molar-refractivity contribution in [2.24, 2.45) is 0 Å². The van der Waals surface area contributed by atoms with Gasteiger partial charge in [-0.1, -0.05) is 37.3 Å². The molecule has 2 aromatic rings. The first-order valence-corrected chi connectivity index (χ1v) is 12.8. The van der Waals surface area contributed by atoms with Gasteiger partial charge in [-0.2, -0.15) is 5.26 Å². The van der Waals surface area contributed by atoms with Gasteiger partial charge in [-0.3, -0.25) is 14.5 Å². The summed E-state index contributed by atoms with van der Waals surface area (Å²) in [6.45, 7) is 10.1. The minimum Gasteiger partial charge on any atom is -0.426 e. The van der Waals surface area contributed by atoms with Crippen molar-refractivity contribution in [3.8, 4) is 22.9 Å². The molecular formula is C29H37N3O4. The Morgan fingerprint density at radius 1 is 1.19 bits per heavy atom. The lowest BCUT2D eigenvalue weighted by Gasteiger charge is -2.27. The molecule has 7 heteroatoms. The standard InChI is InChI=1S/C29H37N3O4/c1-5-7-28(33)36-26-13-12-24(16-21(26)4)23-10-8-22(9-11-23)17-25(18-30)31-29(34)27-19-32(20(2)3)14-6-15-35-27/h8-13,16,20,25,27H,5-7,14-15,17,19H2,1-4H3,(H,31,34). The van der Waals surface area contributed by atoms with E-state index in [2.05, 4.69) is 30.1 Å². The Balaban J connectivity index is 1.61. The molecule has 36 heavy (non-hydrogen) atoms. The summed E-state index contributed by atoms with van der Waals surface area (Å²) in [6, 6.07) is 15.6. The average molecular weight is 492 g/mol. The molecule has 2 unspecified atom stereocenters. The monoisotopic (exact) mass is 491 g/mol. The predicted octanol–water partition coefficient (Wildman–Crippen LogP) is 4.42. The van der Waals surface area contributed by atoms with Crippen LogP contribution in [0.4, 0.5) is 0 Å². The lowest BCUT2D eigenvalue weighted by molar-refractivity contribution is -0.134. The summed E-state index contributed by atoms with van der Waals surface area (Å²) in [4.78, 5) is 26.9. The first kappa shape index (κ1) is 27.4. The Bertz CT molecular complexity index is 1070. The van der Waals surface area contributed by atoms with Crippen LogP contribution in [0, 0.1) is 18.3 Å². The lowest BCUT2D eigenvalue weighted by Crippen LogP contribution is -2.48. The average Bonchev–Trinajstić information content (AvgIpc) is 3.12. The number of carbonyl (C=O) groups is 2. The highest BCUT2D eigenvalue weighted by molar-refractivity contribution is 5.81. The smallest absolute Gasteiger partial charge is 0.311 e. The SMILES string of the molecule is CCCC(=O)Oc1ccc(-c2ccc(CC(C#N)NC(=O)C3CN(C(C)C)CCCO3)cc2)cc1C. The number of carbonyl (C=O) groups excluding carboxylic acids is 2. The van der Waals surface area contributed by atoms with Gasteiger partial charge in [0.25, 0.3) is 5.91 Å². The van der Waals surface area contributed by atoms with Crippen molar-refractivity contribution in [3.63, 3.8) is 0 Å². The van der Waals surface area contributed by atoms with Gasteiger partial charge in [0.1, 0.15) is 17.9 Å². The van der Waals surface area contributed by atoms with E-state index in [0.717, 1.165) is 41.6 Å². The minimum absolute atomic E-state index is 0.223. The van der Waals surface area contributed by atoms with Crippen molar-refractivity contribution in [1.82, 2.24) is 10.2 Å². The first-order valence-electron chi connectivity index (χ1n) is 12.8. The van der Waals surface area contributed by atoms with Crippen LogP contribution in [0.15, 0.2) is 42.5 Å². The van der Waals surface area contributed by atoms with Gasteiger partial charge in [-0.15, -0.1) is 0 Å². The highest BCUT2D eigenvalue weighted by Crippen LogP contribution is 2.27. The summed E-state index contributed by atoms with van der Waals surface area (Å²) in [5.74, 6) is 0.121. The molecular weight excluding hydrogens is 454 g/mol. The van der Waals surface area contributed by atoms with Gasteiger partial charge in [0.15, 0.2) is 0 Å². The number of benzene rings is 2. The van der Waals surface area contributed by atoms with Gasteiger partial charge in [0.05, 0.1) is 6.07 Å². The molecule has 1 heterocycles. The van der Waals surface area contributed by atoms with E-state index in [1.165, 1.54) is 0 Å². The van der Waals surface area contributed by atoms with E-state index in [9.17, 15) is 14.9 Å². The zero-order chi connectivity index (χ0) is 26.1. The maximum absolute atomic E-state index is 12.8. The van der Waals surface area contributed by atoms with Crippen LogP contribution in [0.1, 0.15) is 51.2 Å². The summed E-state index contributed by atoms with van der Waals surface area (Å²) in [7, 11) is 0. The number of ether oxygens (including phenoxy) is 2. The normalized spacial score (nSPS) is 17.2. The van der Waals surface area contributed by atoms with Crippen LogP contribution in [-0.2, 0) is 20.7 Å². The molecule has 0 radical (unpaired) electrons. The largest absolute Gasteiger partial charge is 0.426 e. The summed E-state index contributed by atoms with van der Waals surface area (Å²) in [5, 5.41) is 12.5. The third-order valence-corrected chi connectivity index (χ3v) is 6.38. The molecule has 3 rings (SSSR count). The van der Waals surface area contributed by atoms with Crippen LogP contribution in [-0.4, -0.2) is 54.7 Å². The second kappa shape index (κ2) is 13.2. The first-order chi connectivity index (χ1) is 17.3. The third-order valence-electron chi connectivity index (χ3n) is 6.38. The van der Waals surface area contributed by atoms with Crippen LogP contribution in [0.2, 0.25) is 0 Å². The van der Waals surface area contributed by atoms with E-state index >= 15 is 0 Å². The Morgan fingerprint density at radius 3 is 2.56 bits per heavy atom. The number of nitrogens with one attached hydrogen (secondary N) is 1. The van der Waals surface area contributed by atoms with E-state index in [0.29, 0.717) is 37.8 Å². The van der Waals surface area contributed by atoms with E-state index in [1.54, 1.807) is 0 Å². The van der Waals surface area contributed by atoms with E-state index in [-0.39, 0.29) is 11.9 Å². The summed E-state index contributed by atoms with van der Waals surface area (Å²) < 4.78 is 11.2. The number of hydrogen-bond acceptors (Lipinski definition) is 6. The van der Waals surface area contributed by atoms with Gasteiger partial charge in [0.2, 0.25) is 0 Å². The maximum Gasteiger partial charge on any atom is 0.311 e.